The Kier molecular flexibility index (Phi) is 7.08. The number of aliphatic hydroxyl groups is 1. The fourth-order valence-corrected chi connectivity index (χ4v) is 8.40. The highest BCUT2D eigenvalue weighted by atomic mass is 32.2. The van der Waals surface area contributed by atoms with E-state index >= 15 is 17.6 Å². The number of ether oxygens (including phenoxy) is 1. The highest BCUT2D eigenvalue weighted by Gasteiger charge is 2.45. The number of aromatic nitrogens is 4. The van der Waals surface area contributed by atoms with E-state index in [4.69, 9.17) is 4.74 Å². The molecule has 45 heavy (non-hydrogen) atoms. The largest absolute Gasteiger partial charge is 0.417 e. The van der Waals surface area contributed by atoms with Crippen molar-refractivity contribution in [2.75, 3.05) is 37.0 Å². The minimum Gasteiger partial charge on any atom is -0.380 e. The van der Waals surface area contributed by atoms with Gasteiger partial charge in [0.15, 0.2) is 0 Å². The molecule has 3 atom stereocenters. The van der Waals surface area contributed by atoms with Crippen LogP contribution in [0.4, 0.5) is 23.4 Å². The summed E-state index contributed by atoms with van der Waals surface area (Å²) in [6, 6.07) is 3.13. The quantitative estimate of drug-likeness (QED) is 0.254. The summed E-state index contributed by atoms with van der Waals surface area (Å²) in [4.78, 5) is 22.2. The van der Waals surface area contributed by atoms with Crippen molar-refractivity contribution >= 4 is 39.4 Å². The van der Waals surface area contributed by atoms with Gasteiger partial charge >= 0.3 is 11.9 Å². The molecule has 3 aliphatic heterocycles. The van der Waals surface area contributed by atoms with Gasteiger partial charge in [0.25, 0.3) is 0 Å². The molecule has 0 bridgehead atoms. The predicted molar refractivity (Wildman–Crippen MR) is 164 cm³/mol. The van der Waals surface area contributed by atoms with E-state index in [1.165, 1.54) is 39.4 Å². The molecular weight excluding hydrogens is 612 g/mol. The number of alkyl halides is 3. The Bertz CT molecular complexity index is 1920. The number of nitrogens with zero attached hydrogens (tertiary/aromatic N) is 6. The maximum absolute atomic E-state index is 15.9. The Morgan fingerprint density at radius 3 is 2.60 bits per heavy atom. The zero-order chi connectivity index (χ0) is 32.0. The van der Waals surface area contributed by atoms with E-state index in [9.17, 15) is 9.90 Å². The number of rotatable bonds is 4. The summed E-state index contributed by atoms with van der Waals surface area (Å²) in [5.74, 6) is -0.306. The molecule has 2 saturated heterocycles. The molecule has 14 heteroatoms. The molecule has 2 aromatic heterocycles. The summed E-state index contributed by atoms with van der Waals surface area (Å²) in [6.45, 7) is 9.00. The average molecular weight is 645 g/mol. The minimum atomic E-state index is -4.87. The highest BCUT2D eigenvalue weighted by Crippen LogP contribution is 2.52. The Hall–Kier alpha value is -3.46. The van der Waals surface area contributed by atoms with E-state index in [0.717, 1.165) is 12.1 Å². The van der Waals surface area contributed by atoms with Gasteiger partial charge in [-0.3, -0.25) is 14.1 Å². The second kappa shape index (κ2) is 10.5. The first kappa shape index (κ1) is 30.2. The standard InChI is InChI=1S/C31H32F4N6O3S/c1-5-22(42)39-10-17(3)40(11-16(39)2)28-19-8-20(31(33,34)35)23(24-21(32)7-6-18-9-36-38(4)25(18)24)27-26(19)41(29(43)37-28)12-30(15-45-27)13-44-14-30/h5-9,16-17,22,42H,1,10-15H2,2-4H3/t16-,17+,22?/m1/s1. The van der Waals surface area contributed by atoms with Crippen molar-refractivity contribution in [3.63, 3.8) is 0 Å². The molecule has 2 fully saturated rings. The predicted octanol–water partition coefficient (Wildman–Crippen LogP) is 4.63. The summed E-state index contributed by atoms with van der Waals surface area (Å²) in [5, 5.41) is 15.3. The van der Waals surface area contributed by atoms with Gasteiger partial charge in [-0.15, -0.1) is 11.8 Å². The van der Waals surface area contributed by atoms with E-state index in [1.54, 1.807) is 7.05 Å². The van der Waals surface area contributed by atoms with Gasteiger partial charge in [-0.25, -0.2) is 9.18 Å². The van der Waals surface area contributed by atoms with Crippen molar-refractivity contribution in [1.82, 2.24) is 24.2 Å². The lowest BCUT2D eigenvalue weighted by Crippen LogP contribution is -2.59. The van der Waals surface area contributed by atoms with E-state index < -0.39 is 34.9 Å². The molecule has 1 N–H and O–H groups in total. The molecule has 1 spiro atoms. The number of hydrogen-bond donors (Lipinski definition) is 1. The lowest BCUT2D eigenvalue weighted by Gasteiger charge is -2.46. The van der Waals surface area contributed by atoms with Crippen molar-refractivity contribution in [3.05, 3.63) is 58.9 Å². The van der Waals surface area contributed by atoms with E-state index in [0.29, 0.717) is 43.0 Å². The second-order valence-electron chi connectivity index (χ2n) is 12.4. The Labute approximate surface area is 260 Å². The van der Waals surface area contributed by atoms with E-state index in [1.807, 2.05) is 23.6 Å². The van der Waals surface area contributed by atoms with Gasteiger partial charge in [0.2, 0.25) is 0 Å². The van der Waals surface area contributed by atoms with Crippen molar-refractivity contribution in [2.45, 2.75) is 49.8 Å². The number of halogens is 4. The third-order valence-corrected chi connectivity index (χ3v) is 10.7. The van der Waals surface area contributed by atoms with Crippen LogP contribution in [0.1, 0.15) is 19.4 Å². The van der Waals surface area contributed by atoms with Crippen molar-refractivity contribution in [2.24, 2.45) is 12.5 Å². The van der Waals surface area contributed by atoms with Gasteiger partial charge in [-0.05, 0) is 38.1 Å². The Balaban J connectivity index is 1.57. The third-order valence-electron chi connectivity index (χ3n) is 9.30. The van der Waals surface area contributed by atoms with Crippen LogP contribution in [0, 0.1) is 11.2 Å². The van der Waals surface area contributed by atoms with Crippen LogP contribution in [-0.2, 0) is 24.5 Å². The van der Waals surface area contributed by atoms with Gasteiger partial charge in [0, 0.05) is 76.7 Å². The van der Waals surface area contributed by atoms with Crippen LogP contribution in [-0.4, -0.2) is 79.7 Å². The molecule has 0 radical (unpaired) electrons. The molecule has 0 saturated carbocycles. The molecule has 7 rings (SSSR count). The lowest BCUT2D eigenvalue weighted by molar-refractivity contribution is -0.137. The number of fused-ring (bicyclic) bond motifs is 1. The molecule has 3 aliphatic rings. The maximum atomic E-state index is 15.9. The normalized spacial score (nSPS) is 22.5. The van der Waals surface area contributed by atoms with Gasteiger partial charge in [0.05, 0.1) is 36.0 Å². The fraction of sp³-hybridized carbons (Fsp3) is 0.452. The molecule has 9 nitrogen and oxygen atoms in total. The second-order valence-corrected chi connectivity index (χ2v) is 13.4. The number of anilines is 1. The van der Waals surface area contributed by atoms with E-state index in [2.05, 4.69) is 16.7 Å². The molecule has 0 amide bonds. The van der Waals surface area contributed by atoms with Crippen molar-refractivity contribution < 1.29 is 27.4 Å². The number of benzene rings is 2. The average Bonchev–Trinajstić information content (AvgIpc) is 3.23. The number of piperazine rings is 1. The third kappa shape index (κ3) is 4.67. The molecular formula is C31H32F4N6O3S. The number of aliphatic hydroxyl groups excluding tert-OH is 1. The summed E-state index contributed by atoms with van der Waals surface area (Å²) >= 11 is 1.20. The first-order valence-corrected chi connectivity index (χ1v) is 15.6. The molecule has 5 heterocycles. The summed E-state index contributed by atoms with van der Waals surface area (Å²) in [6.07, 6.45) is -2.86. The molecule has 2 aromatic carbocycles. The molecule has 0 aliphatic carbocycles. The van der Waals surface area contributed by atoms with Crippen LogP contribution < -0.4 is 10.6 Å². The Morgan fingerprint density at radius 2 is 1.93 bits per heavy atom. The first-order valence-electron chi connectivity index (χ1n) is 14.7. The van der Waals surface area contributed by atoms with Gasteiger partial charge in [-0.2, -0.15) is 23.3 Å². The van der Waals surface area contributed by atoms with Crippen molar-refractivity contribution in [1.29, 1.82) is 0 Å². The van der Waals surface area contributed by atoms with Crippen LogP contribution >= 0.6 is 11.8 Å². The van der Waals surface area contributed by atoms with Gasteiger partial charge < -0.3 is 14.7 Å². The number of thioether (sulfide) groups is 1. The van der Waals surface area contributed by atoms with Crippen LogP contribution in [0.3, 0.4) is 0 Å². The first-order chi connectivity index (χ1) is 21.3. The summed E-state index contributed by atoms with van der Waals surface area (Å²) < 4.78 is 70.0. The van der Waals surface area contributed by atoms with E-state index in [-0.39, 0.29) is 51.4 Å². The van der Waals surface area contributed by atoms with Crippen LogP contribution in [0.15, 0.2) is 46.7 Å². The monoisotopic (exact) mass is 644 g/mol. The fourth-order valence-electron chi connectivity index (χ4n) is 6.97. The van der Waals surface area contributed by atoms with Gasteiger partial charge in [0.1, 0.15) is 17.9 Å². The maximum Gasteiger partial charge on any atom is 0.417 e. The zero-order valence-electron chi connectivity index (χ0n) is 24.9. The smallest absolute Gasteiger partial charge is 0.380 e. The Morgan fingerprint density at radius 1 is 1.18 bits per heavy atom. The van der Waals surface area contributed by atoms with Gasteiger partial charge in [-0.1, -0.05) is 6.58 Å². The zero-order valence-corrected chi connectivity index (χ0v) is 25.8. The summed E-state index contributed by atoms with van der Waals surface area (Å²) in [7, 11) is 1.56. The number of aryl methyl sites for hydroxylation is 1. The molecule has 4 aromatic rings. The topological polar surface area (TPSA) is 88.7 Å². The van der Waals surface area contributed by atoms with Crippen LogP contribution in [0.2, 0.25) is 0 Å². The lowest BCUT2D eigenvalue weighted by atomic mass is 9.88. The molecule has 1 unspecified atom stereocenters. The minimum absolute atomic E-state index is 0.136. The van der Waals surface area contributed by atoms with Crippen LogP contribution in [0.5, 0.6) is 0 Å². The number of hydrogen-bond acceptors (Lipinski definition) is 8. The van der Waals surface area contributed by atoms with Crippen molar-refractivity contribution in [3.8, 4) is 11.1 Å². The molecule has 238 valence electrons. The summed E-state index contributed by atoms with van der Waals surface area (Å²) in [5.41, 5.74) is -2.08. The SMILES string of the molecule is C=CC(O)N1C[C@H](C)N(c2nc(=O)n3c4c(c(-c5c(F)ccc6cnn(C)c56)c(C(F)(F)F)cc24)SCC2(COC2)C3)C[C@H]1C. The van der Waals surface area contributed by atoms with Crippen LogP contribution in [0.25, 0.3) is 32.9 Å². The highest BCUT2D eigenvalue weighted by molar-refractivity contribution is 7.99.